The minimum absolute atomic E-state index is 0.263. The van der Waals surface area contributed by atoms with Crippen molar-refractivity contribution in [1.29, 1.82) is 0 Å². The van der Waals surface area contributed by atoms with Crippen molar-refractivity contribution in [3.63, 3.8) is 0 Å². The Hall–Kier alpha value is -1.57. The van der Waals surface area contributed by atoms with E-state index in [2.05, 4.69) is 10.4 Å². The summed E-state index contributed by atoms with van der Waals surface area (Å²) in [4.78, 5) is 12.0. The highest BCUT2D eigenvalue weighted by Gasteiger charge is 2.43. The number of carbonyl (C=O) groups excluding carboxylic acids is 1. The molecule has 2 unspecified atom stereocenters. The van der Waals surface area contributed by atoms with Gasteiger partial charge in [0.05, 0.1) is 24.9 Å². The summed E-state index contributed by atoms with van der Waals surface area (Å²) >= 11 is 0. The zero-order valence-corrected chi connectivity index (χ0v) is 11.9. The Bertz CT molecular complexity index is 515. The first kappa shape index (κ1) is 15.8. The fraction of sp³-hybridized carbons (Fsp3) is 0.692. The van der Waals surface area contributed by atoms with E-state index in [-0.39, 0.29) is 6.04 Å². The van der Waals surface area contributed by atoms with Crippen molar-refractivity contribution < 1.29 is 22.7 Å². The molecule has 0 aromatic carbocycles. The van der Waals surface area contributed by atoms with Gasteiger partial charge in [-0.1, -0.05) is 0 Å². The third-order valence-electron chi connectivity index (χ3n) is 4.08. The van der Waals surface area contributed by atoms with Gasteiger partial charge in [-0.25, -0.2) is 0 Å². The number of esters is 1. The van der Waals surface area contributed by atoms with Gasteiger partial charge in [0.15, 0.2) is 0 Å². The maximum atomic E-state index is 12.6. The number of carbonyl (C=O) groups is 1. The van der Waals surface area contributed by atoms with Gasteiger partial charge in [-0.3, -0.25) is 9.48 Å². The molecule has 1 aromatic rings. The third kappa shape index (κ3) is 3.04. The first-order valence-electron chi connectivity index (χ1n) is 6.71. The number of rotatable bonds is 3. The molecule has 2 atom stereocenters. The Balaban J connectivity index is 2.21. The Labute approximate surface area is 120 Å². The Morgan fingerprint density at radius 3 is 2.81 bits per heavy atom. The molecule has 0 bridgehead atoms. The molecule has 0 amide bonds. The Morgan fingerprint density at radius 1 is 1.57 bits per heavy atom. The number of aromatic nitrogens is 2. The van der Waals surface area contributed by atoms with Gasteiger partial charge < -0.3 is 10.1 Å². The lowest BCUT2D eigenvalue weighted by Crippen LogP contribution is -2.54. The van der Waals surface area contributed by atoms with Crippen LogP contribution in [0.4, 0.5) is 13.2 Å². The average Bonchev–Trinajstić information content (AvgIpc) is 2.96. The third-order valence-corrected chi connectivity index (χ3v) is 4.08. The van der Waals surface area contributed by atoms with E-state index in [1.807, 2.05) is 0 Å². The molecule has 1 N–H and O–H groups in total. The number of hydrogen-bond acceptors (Lipinski definition) is 4. The summed E-state index contributed by atoms with van der Waals surface area (Å²) in [6.07, 6.45) is -0.257. The minimum atomic E-state index is -4.41. The molecule has 0 spiro atoms. The molecule has 8 heteroatoms. The number of halogens is 3. The standard InChI is InChI=1S/C13H18F3N3O2/c1-17-12(11(20)21-2)5-3-4-10(6-12)19-8-9(7-18-19)13(14,15)16/h7-8,10,17H,3-6H2,1-2H3. The topological polar surface area (TPSA) is 56.1 Å². The molecule has 1 aromatic heterocycles. The van der Waals surface area contributed by atoms with Crippen LogP contribution in [0, 0.1) is 0 Å². The summed E-state index contributed by atoms with van der Waals surface area (Å²) in [7, 11) is 2.96. The number of alkyl halides is 3. The Kier molecular flexibility index (Phi) is 4.27. The molecule has 5 nitrogen and oxygen atoms in total. The summed E-state index contributed by atoms with van der Waals surface area (Å²) in [5.74, 6) is -0.391. The van der Waals surface area contributed by atoms with Crippen LogP contribution in [0.5, 0.6) is 0 Å². The molecule has 1 saturated carbocycles. The fourth-order valence-corrected chi connectivity index (χ4v) is 2.87. The second kappa shape index (κ2) is 5.67. The van der Waals surface area contributed by atoms with Gasteiger partial charge in [-0.05, 0) is 32.7 Å². The maximum Gasteiger partial charge on any atom is 0.419 e. The lowest BCUT2D eigenvalue weighted by atomic mass is 9.79. The van der Waals surface area contributed by atoms with Gasteiger partial charge >= 0.3 is 12.1 Å². The zero-order valence-electron chi connectivity index (χ0n) is 11.9. The normalized spacial score (nSPS) is 26.6. The van der Waals surface area contributed by atoms with Crippen LogP contribution in [-0.2, 0) is 15.7 Å². The van der Waals surface area contributed by atoms with Crippen LogP contribution in [0.1, 0.15) is 37.3 Å². The van der Waals surface area contributed by atoms with Crippen molar-refractivity contribution >= 4 is 5.97 Å². The van der Waals surface area contributed by atoms with Gasteiger partial charge in [0.1, 0.15) is 5.54 Å². The van der Waals surface area contributed by atoms with Crippen LogP contribution in [0.2, 0.25) is 0 Å². The summed E-state index contributed by atoms with van der Waals surface area (Å²) in [6, 6.07) is -0.263. The molecule has 0 saturated heterocycles. The van der Waals surface area contributed by atoms with Crippen LogP contribution in [0.15, 0.2) is 12.4 Å². The van der Waals surface area contributed by atoms with E-state index in [0.717, 1.165) is 12.4 Å². The molecule has 1 heterocycles. The van der Waals surface area contributed by atoms with Crippen molar-refractivity contribution in [3.8, 4) is 0 Å². The van der Waals surface area contributed by atoms with Gasteiger partial charge in [0.25, 0.3) is 0 Å². The number of nitrogens with zero attached hydrogens (tertiary/aromatic N) is 2. The van der Waals surface area contributed by atoms with E-state index in [0.29, 0.717) is 25.7 Å². The van der Waals surface area contributed by atoms with Crippen molar-refractivity contribution in [1.82, 2.24) is 15.1 Å². The summed E-state index contributed by atoms with van der Waals surface area (Å²) in [5.41, 5.74) is -1.64. The van der Waals surface area contributed by atoms with E-state index >= 15 is 0 Å². The highest BCUT2D eigenvalue weighted by molar-refractivity contribution is 5.80. The molecular formula is C13H18F3N3O2. The van der Waals surface area contributed by atoms with E-state index in [4.69, 9.17) is 4.74 Å². The molecule has 2 rings (SSSR count). The highest BCUT2D eigenvalue weighted by atomic mass is 19.4. The number of hydrogen-bond donors (Lipinski definition) is 1. The van der Waals surface area contributed by atoms with Gasteiger partial charge in [-0.2, -0.15) is 18.3 Å². The number of methoxy groups -OCH3 is 1. The summed E-state index contributed by atoms with van der Waals surface area (Å²) in [6.45, 7) is 0. The van der Waals surface area contributed by atoms with E-state index in [1.54, 1.807) is 7.05 Å². The largest absolute Gasteiger partial charge is 0.468 e. The van der Waals surface area contributed by atoms with E-state index in [1.165, 1.54) is 11.8 Å². The maximum absolute atomic E-state index is 12.6. The van der Waals surface area contributed by atoms with E-state index < -0.39 is 23.2 Å². The zero-order chi connectivity index (χ0) is 15.7. The number of likely N-dealkylation sites (N-methyl/N-ethyl adjacent to an activating group) is 1. The van der Waals surface area contributed by atoms with Crippen LogP contribution in [0.25, 0.3) is 0 Å². The van der Waals surface area contributed by atoms with Crippen LogP contribution in [0.3, 0.4) is 0 Å². The number of nitrogens with one attached hydrogen (secondary N) is 1. The first-order chi connectivity index (χ1) is 9.82. The average molecular weight is 305 g/mol. The van der Waals surface area contributed by atoms with Crippen molar-refractivity contribution in [2.45, 2.75) is 43.4 Å². The predicted molar refractivity (Wildman–Crippen MR) is 68.5 cm³/mol. The second-order valence-corrected chi connectivity index (χ2v) is 5.28. The molecule has 1 aliphatic rings. The van der Waals surface area contributed by atoms with Crippen LogP contribution >= 0.6 is 0 Å². The van der Waals surface area contributed by atoms with Gasteiger partial charge in [-0.15, -0.1) is 0 Å². The summed E-state index contributed by atoms with van der Waals surface area (Å²) in [5, 5.41) is 6.78. The summed E-state index contributed by atoms with van der Waals surface area (Å²) < 4.78 is 44.0. The molecule has 21 heavy (non-hydrogen) atoms. The first-order valence-corrected chi connectivity index (χ1v) is 6.71. The Morgan fingerprint density at radius 2 is 2.29 bits per heavy atom. The lowest BCUT2D eigenvalue weighted by molar-refractivity contribution is -0.150. The van der Waals surface area contributed by atoms with Crippen molar-refractivity contribution in [2.75, 3.05) is 14.2 Å². The van der Waals surface area contributed by atoms with Gasteiger partial charge in [0, 0.05) is 6.20 Å². The molecule has 0 aliphatic heterocycles. The molecular weight excluding hydrogens is 287 g/mol. The molecule has 0 radical (unpaired) electrons. The predicted octanol–water partition coefficient (Wildman–Crippen LogP) is 2.15. The molecule has 1 fully saturated rings. The quantitative estimate of drug-likeness (QED) is 0.869. The fourth-order valence-electron chi connectivity index (χ4n) is 2.87. The smallest absolute Gasteiger partial charge is 0.419 e. The van der Waals surface area contributed by atoms with Crippen molar-refractivity contribution in [3.05, 3.63) is 18.0 Å². The monoisotopic (exact) mass is 305 g/mol. The SMILES string of the molecule is CNC1(C(=O)OC)CCCC(n2cc(C(F)(F)F)cn2)C1. The number of ether oxygens (including phenoxy) is 1. The van der Waals surface area contributed by atoms with Crippen molar-refractivity contribution in [2.24, 2.45) is 0 Å². The van der Waals surface area contributed by atoms with Crippen LogP contribution < -0.4 is 5.32 Å². The molecule has 1 aliphatic carbocycles. The molecule has 118 valence electrons. The minimum Gasteiger partial charge on any atom is -0.468 e. The van der Waals surface area contributed by atoms with Crippen LogP contribution in [-0.4, -0.2) is 35.4 Å². The lowest BCUT2D eigenvalue weighted by Gasteiger charge is -2.38. The van der Waals surface area contributed by atoms with Gasteiger partial charge in [0.2, 0.25) is 0 Å². The second-order valence-electron chi connectivity index (χ2n) is 5.28. The highest BCUT2D eigenvalue weighted by Crippen LogP contribution is 2.37. The van der Waals surface area contributed by atoms with E-state index in [9.17, 15) is 18.0 Å².